The maximum atomic E-state index is 12.1. The van der Waals surface area contributed by atoms with Gasteiger partial charge in [-0.3, -0.25) is 4.79 Å². The number of methoxy groups -OCH3 is 1. The summed E-state index contributed by atoms with van der Waals surface area (Å²) in [5.74, 6) is -0.221. The molecular formula is C16H14BrNO4. The van der Waals surface area contributed by atoms with Gasteiger partial charge in [-0.2, -0.15) is 0 Å². The fraction of sp³-hybridized carbons (Fsp3) is 0.125. The van der Waals surface area contributed by atoms with Gasteiger partial charge in [-0.15, -0.1) is 0 Å². The zero-order chi connectivity index (χ0) is 15.9. The van der Waals surface area contributed by atoms with Gasteiger partial charge in [-0.1, -0.05) is 22.0 Å². The highest BCUT2D eigenvalue weighted by molar-refractivity contribution is 9.10. The summed E-state index contributed by atoms with van der Waals surface area (Å²) in [6.45, 7) is -0.180. The fourth-order valence-corrected chi connectivity index (χ4v) is 1.93. The van der Waals surface area contributed by atoms with E-state index in [4.69, 9.17) is 4.74 Å². The predicted octanol–water partition coefficient (Wildman–Crippen LogP) is 3.25. The van der Waals surface area contributed by atoms with Crippen LogP contribution in [0.5, 0.6) is 5.75 Å². The van der Waals surface area contributed by atoms with Crippen LogP contribution in [0, 0.1) is 0 Å². The normalized spacial score (nSPS) is 9.91. The van der Waals surface area contributed by atoms with Crippen LogP contribution in [0.3, 0.4) is 0 Å². The number of halogens is 1. The van der Waals surface area contributed by atoms with Crippen LogP contribution in [0.15, 0.2) is 53.0 Å². The lowest BCUT2D eigenvalue weighted by molar-refractivity contribution is -0.142. The van der Waals surface area contributed by atoms with E-state index in [-0.39, 0.29) is 12.5 Å². The molecule has 2 rings (SSSR count). The summed E-state index contributed by atoms with van der Waals surface area (Å²) in [6, 6.07) is 13.8. The highest BCUT2D eigenvalue weighted by Gasteiger charge is 2.07. The number of hydrogen-bond acceptors (Lipinski definition) is 4. The molecule has 22 heavy (non-hydrogen) atoms. The Hall–Kier alpha value is -2.34. The molecule has 1 N–H and O–H groups in total. The van der Waals surface area contributed by atoms with Crippen molar-refractivity contribution < 1.29 is 19.1 Å². The number of nitrogens with one attached hydrogen (secondary N) is 1. The number of hydrogen-bond donors (Lipinski definition) is 1. The second-order valence-electron chi connectivity index (χ2n) is 4.35. The van der Waals surface area contributed by atoms with E-state index in [2.05, 4.69) is 26.0 Å². The molecule has 0 fully saturated rings. The van der Waals surface area contributed by atoms with E-state index in [9.17, 15) is 9.59 Å². The summed E-state index contributed by atoms with van der Waals surface area (Å²) in [6.07, 6.45) is 0. The number of carbonyl (C=O) groups excluding carboxylic acids is 2. The van der Waals surface area contributed by atoms with E-state index >= 15 is 0 Å². The molecular weight excluding hydrogens is 350 g/mol. The third kappa shape index (κ3) is 4.60. The van der Waals surface area contributed by atoms with Crippen molar-refractivity contribution in [2.75, 3.05) is 19.0 Å². The molecule has 0 heterocycles. The molecule has 0 unspecified atom stereocenters. The van der Waals surface area contributed by atoms with Crippen LogP contribution >= 0.6 is 15.9 Å². The minimum absolute atomic E-state index is 0.180. The van der Waals surface area contributed by atoms with E-state index in [1.54, 1.807) is 48.5 Å². The van der Waals surface area contributed by atoms with Gasteiger partial charge in [0.1, 0.15) is 5.75 Å². The quantitative estimate of drug-likeness (QED) is 0.828. The summed E-state index contributed by atoms with van der Waals surface area (Å²) in [5.41, 5.74) is 1.12. The van der Waals surface area contributed by atoms with E-state index in [1.165, 1.54) is 7.11 Å². The Morgan fingerprint density at radius 3 is 2.55 bits per heavy atom. The molecule has 0 atom stereocenters. The standard InChI is InChI=1S/C16H14BrNO4/c1-21-15(19)10-22-14-4-2-3-13(9-14)18-16(20)11-5-7-12(17)8-6-11/h2-9H,10H2,1H3,(H,18,20). The van der Waals surface area contributed by atoms with Crippen molar-refractivity contribution in [3.05, 3.63) is 58.6 Å². The molecule has 1 amide bonds. The molecule has 0 saturated carbocycles. The maximum absolute atomic E-state index is 12.1. The molecule has 6 heteroatoms. The lowest BCUT2D eigenvalue weighted by atomic mass is 10.2. The van der Waals surface area contributed by atoms with E-state index in [0.29, 0.717) is 17.0 Å². The van der Waals surface area contributed by atoms with Crippen molar-refractivity contribution in [1.82, 2.24) is 0 Å². The first kappa shape index (κ1) is 16.0. The van der Waals surface area contributed by atoms with Gasteiger partial charge in [-0.25, -0.2) is 4.79 Å². The van der Waals surface area contributed by atoms with Gasteiger partial charge in [-0.05, 0) is 36.4 Å². The SMILES string of the molecule is COC(=O)COc1cccc(NC(=O)c2ccc(Br)cc2)c1. The molecule has 2 aromatic carbocycles. The number of rotatable bonds is 5. The Balaban J connectivity index is 2.02. The zero-order valence-corrected chi connectivity index (χ0v) is 13.4. The Morgan fingerprint density at radius 2 is 1.86 bits per heavy atom. The highest BCUT2D eigenvalue weighted by atomic mass is 79.9. The smallest absolute Gasteiger partial charge is 0.343 e. The van der Waals surface area contributed by atoms with E-state index < -0.39 is 5.97 Å². The average molecular weight is 364 g/mol. The second kappa shape index (κ2) is 7.61. The average Bonchev–Trinajstić information content (AvgIpc) is 2.53. The molecule has 114 valence electrons. The van der Waals surface area contributed by atoms with E-state index in [1.807, 2.05) is 0 Å². The molecule has 5 nitrogen and oxygen atoms in total. The number of esters is 1. The number of benzene rings is 2. The Bertz CT molecular complexity index is 670. The lowest BCUT2D eigenvalue weighted by Crippen LogP contribution is -2.13. The summed E-state index contributed by atoms with van der Waals surface area (Å²) in [4.78, 5) is 23.1. The van der Waals surface area contributed by atoms with Gasteiger partial charge in [0, 0.05) is 21.8 Å². The molecule has 0 aliphatic rings. The Morgan fingerprint density at radius 1 is 1.14 bits per heavy atom. The van der Waals surface area contributed by atoms with Gasteiger partial charge in [0.2, 0.25) is 0 Å². The molecule has 0 saturated heterocycles. The largest absolute Gasteiger partial charge is 0.482 e. The van der Waals surface area contributed by atoms with Crippen molar-refractivity contribution in [1.29, 1.82) is 0 Å². The monoisotopic (exact) mass is 363 g/mol. The maximum Gasteiger partial charge on any atom is 0.343 e. The van der Waals surface area contributed by atoms with Crippen molar-refractivity contribution in [3.63, 3.8) is 0 Å². The topological polar surface area (TPSA) is 64.6 Å². The van der Waals surface area contributed by atoms with Crippen molar-refractivity contribution in [2.45, 2.75) is 0 Å². The molecule has 0 radical (unpaired) electrons. The minimum Gasteiger partial charge on any atom is -0.482 e. The van der Waals surface area contributed by atoms with Crippen LogP contribution < -0.4 is 10.1 Å². The fourth-order valence-electron chi connectivity index (χ4n) is 1.67. The Kier molecular flexibility index (Phi) is 5.55. The first-order valence-electron chi connectivity index (χ1n) is 6.45. The summed E-state index contributed by atoms with van der Waals surface area (Å²) >= 11 is 3.32. The zero-order valence-electron chi connectivity index (χ0n) is 11.8. The molecule has 0 aliphatic carbocycles. The highest BCUT2D eigenvalue weighted by Crippen LogP contribution is 2.18. The van der Waals surface area contributed by atoms with Gasteiger partial charge in [0.05, 0.1) is 7.11 Å². The summed E-state index contributed by atoms with van der Waals surface area (Å²) in [5, 5.41) is 2.77. The van der Waals surface area contributed by atoms with Crippen molar-refractivity contribution in [2.24, 2.45) is 0 Å². The second-order valence-corrected chi connectivity index (χ2v) is 5.27. The van der Waals surface area contributed by atoms with Crippen LogP contribution in [0.4, 0.5) is 5.69 Å². The van der Waals surface area contributed by atoms with Crippen LogP contribution in [0.1, 0.15) is 10.4 Å². The number of amides is 1. The van der Waals surface area contributed by atoms with Gasteiger partial charge < -0.3 is 14.8 Å². The van der Waals surface area contributed by atoms with Gasteiger partial charge in [0.15, 0.2) is 6.61 Å². The molecule has 2 aromatic rings. The summed E-state index contributed by atoms with van der Waals surface area (Å²) in [7, 11) is 1.29. The van der Waals surface area contributed by atoms with Crippen LogP contribution in [-0.4, -0.2) is 25.6 Å². The van der Waals surface area contributed by atoms with Gasteiger partial charge in [0.25, 0.3) is 5.91 Å². The van der Waals surface area contributed by atoms with Crippen LogP contribution in [-0.2, 0) is 9.53 Å². The third-order valence-electron chi connectivity index (χ3n) is 2.78. The first-order chi connectivity index (χ1) is 10.6. The Labute approximate surface area is 136 Å². The van der Waals surface area contributed by atoms with E-state index in [0.717, 1.165) is 4.47 Å². The van der Waals surface area contributed by atoms with Gasteiger partial charge >= 0.3 is 5.97 Å². The molecule has 0 spiro atoms. The number of carbonyl (C=O) groups is 2. The molecule has 0 aliphatic heterocycles. The number of ether oxygens (including phenoxy) is 2. The van der Waals surface area contributed by atoms with Crippen LogP contribution in [0.2, 0.25) is 0 Å². The van der Waals surface area contributed by atoms with Crippen LogP contribution in [0.25, 0.3) is 0 Å². The summed E-state index contributed by atoms with van der Waals surface area (Å²) < 4.78 is 10.7. The van der Waals surface area contributed by atoms with Crippen molar-refractivity contribution in [3.8, 4) is 5.75 Å². The third-order valence-corrected chi connectivity index (χ3v) is 3.31. The first-order valence-corrected chi connectivity index (χ1v) is 7.24. The number of anilines is 1. The predicted molar refractivity (Wildman–Crippen MR) is 86.0 cm³/mol. The molecule has 0 aromatic heterocycles. The van der Waals surface area contributed by atoms with Crippen molar-refractivity contribution >= 4 is 33.5 Å². The molecule has 0 bridgehead atoms. The lowest BCUT2D eigenvalue weighted by Gasteiger charge is -2.08. The minimum atomic E-state index is -0.468.